The Labute approximate surface area is 125 Å². The Morgan fingerprint density at radius 3 is 3.14 bits per heavy atom. The van der Waals surface area contributed by atoms with E-state index < -0.39 is 5.60 Å². The summed E-state index contributed by atoms with van der Waals surface area (Å²) in [5.74, 6) is 1.13. The standard InChI is InChI=1S/C16H25N3O2/c1-2-13-10-17-14(18-13)9-15(20)19-8-7-16(21)6-4-3-5-12(16)11-19/h10,12,21H,2-9,11H2,1H3,(H,17,18). The van der Waals surface area contributed by atoms with Crippen molar-refractivity contribution in [1.29, 1.82) is 0 Å². The predicted molar refractivity (Wildman–Crippen MR) is 79.8 cm³/mol. The zero-order valence-corrected chi connectivity index (χ0v) is 12.8. The minimum atomic E-state index is -0.519. The van der Waals surface area contributed by atoms with Gasteiger partial charge in [0.05, 0.1) is 12.0 Å². The number of aromatic amines is 1. The first-order chi connectivity index (χ1) is 10.1. The van der Waals surface area contributed by atoms with Crippen molar-refractivity contribution in [3.05, 3.63) is 17.7 Å². The summed E-state index contributed by atoms with van der Waals surface area (Å²) in [7, 11) is 0. The van der Waals surface area contributed by atoms with Crippen molar-refractivity contribution < 1.29 is 9.90 Å². The van der Waals surface area contributed by atoms with Crippen molar-refractivity contribution in [1.82, 2.24) is 14.9 Å². The molecule has 1 saturated carbocycles. The van der Waals surface area contributed by atoms with E-state index in [-0.39, 0.29) is 11.8 Å². The largest absolute Gasteiger partial charge is 0.389 e. The second-order valence-electron chi connectivity index (χ2n) is 6.52. The van der Waals surface area contributed by atoms with Crippen LogP contribution in [0.1, 0.15) is 50.5 Å². The Balaban J connectivity index is 1.61. The molecule has 2 fully saturated rings. The molecule has 0 aromatic carbocycles. The van der Waals surface area contributed by atoms with Gasteiger partial charge in [-0.3, -0.25) is 4.79 Å². The van der Waals surface area contributed by atoms with Crippen LogP contribution in [-0.2, 0) is 17.6 Å². The Morgan fingerprint density at radius 2 is 2.38 bits per heavy atom. The smallest absolute Gasteiger partial charge is 0.230 e. The van der Waals surface area contributed by atoms with Crippen LogP contribution in [0.4, 0.5) is 0 Å². The van der Waals surface area contributed by atoms with E-state index in [9.17, 15) is 9.90 Å². The predicted octanol–water partition coefficient (Wildman–Crippen LogP) is 1.67. The molecule has 21 heavy (non-hydrogen) atoms. The van der Waals surface area contributed by atoms with Gasteiger partial charge in [0.15, 0.2) is 0 Å². The Morgan fingerprint density at radius 1 is 1.52 bits per heavy atom. The molecule has 2 aliphatic rings. The molecule has 1 aliphatic heterocycles. The van der Waals surface area contributed by atoms with Crippen LogP contribution in [0.2, 0.25) is 0 Å². The van der Waals surface area contributed by atoms with Crippen molar-refractivity contribution in [2.45, 2.75) is 57.5 Å². The molecule has 1 amide bonds. The molecule has 0 spiro atoms. The fourth-order valence-corrected chi connectivity index (χ4v) is 3.73. The van der Waals surface area contributed by atoms with Gasteiger partial charge in [0.2, 0.25) is 5.91 Å². The van der Waals surface area contributed by atoms with Gasteiger partial charge in [0.1, 0.15) is 5.82 Å². The molecule has 2 unspecified atom stereocenters. The molecule has 1 aromatic rings. The van der Waals surface area contributed by atoms with Gasteiger partial charge in [-0.1, -0.05) is 19.8 Å². The number of H-pyrrole nitrogens is 1. The highest BCUT2D eigenvalue weighted by atomic mass is 16.3. The molecule has 2 N–H and O–H groups in total. The van der Waals surface area contributed by atoms with Gasteiger partial charge in [-0.15, -0.1) is 0 Å². The molecule has 5 heteroatoms. The molecule has 0 bridgehead atoms. The maximum absolute atomic E-state index is 12.4. The summed E-state index contributed by atoms with van der Waals surface area (Å²) < 4.78 is 0. The first-order valence-electron chi connectivity index (χ1n) is 8.13. The molecule has 3 rings (SSSR count). The van der Waals surface area contributed by atoms with E-state index in [1.807, 2.05) is 4.90 Å². The average molecular weight is 291 g/mol. The summed E-state index contributed by atoms with van der Waals surface area (Å²) in [4.78, 5) is 21.8. The van der Waals surface area contributed by atoms with Crippen molar-refractivity contribution in [2.75, 3.05) is 13.1 Å². The maximum Gasteiger partial charge on any atom is 0.230 e. The third-order valence-corrected chi connectivity index (χ3v) is 5.16. The van der Waals surface area contributed by atoms with E-state index >= 15 is 0 Å². The first kappa shape index (κ1) is 14.6. The van der Waals surface area contributed by atoms with E-state index in [4.69, 9.17) is 0 Å². The van der Waals surface area contributed by atoms with E-state index in [2.05, 4.69) is 16.9 Å². The number of likely N-dealkylation sites (tertiary alicyclic amines) is 1. The molecule has 1 saturated heterocycles. The number of rotatable bonds is 3. The van der Waals surface area contributed by atoms with E-state index in [1.165, 1.54) is 6.42 Å². The zero-order chi connectivity index (χ0) is 14.9. The van der Waals surface area contributed by atoms with Crippen LogP contribution >= 0.6 is 0 Å². The number of nitrogens with zero attached hydrogens (tertiary/aromatic N) is 2. The van der Waals surface area contributed by atoms with Crippen LogP contribution in [0.3, 0.4) is 0 Å². The fourth-order valence-electron chi connectivity index (χ4n) is 3.73. The number of aryl methyl sites for hydroxylation is 1. The van der Waals surface area contributed by atoms with Crippen LogP contribution in [0.5, 0.6) is 0 Å². The number of piperidine rings is 1. The summed E-state index contributed by atoms with van der Waals surface area (Å²) in [5, 5.41) is 10.7. The topological polar surface area (TPSA) is 69.2 Å². The number of amides is 1. The van der Waals surface area contributed by atoms with Gasteiger partial charge in [-0.2, -0.15) is 0 Å². The Hall–Kier alpha value is -1.36. The molecule has 0 radical (unpaired) electrons. The van der Waals surface area contributed by atoms with E-state index in [0.29, 0.717) is 19.5 Å². The van der Waals surface area contributed by atoms with Gasteiger partial charge >= 0.3 is 0 Å². The van der Waals surface area contributed by atoms with Crippen molar-refractivity contribution >= 4 is 5.91 Å². The molecule has 5 nitrogen and oxygen atoms in total. The number of carbonyl (C=O) groups excluding carboxylic acids is 1. The lowest BCUT2D eigenvalue weighted by Crippen LogP contribution is -2.54. The number of nitrogens with one attached hydrogen (secondary N) is 1. The highest BCUT2D eigenvalue weighted by Gasteiger charge is 2.43. The van der Waals surface area contributed by atoms with Crippen molar-refractivity contribution in [2.24, 2.45) is 5.92 Å². The second-order valence-corrected chi connectivity index (χ2v) is 6.52. The molecule has 2 atom stereocenters. The zero-order valence-electron chi connectivity index (χ0n) is 12.8. The van der Waals surface area contributed by atoms with Gasteiger partial charge in [0.25, 0.3) is 0 Å². The number of carbonyl (C=O) groups is 1. The van der Waals surface area contributed by atoms with Gasteiger partial charge in [-0.25, -0.2) is 4.98 Å². The maximum atomic E-state index is 12.4. The third-order valence-electron chi connectivity index (χ3n) is 5.16. The lowest BCUT2D eigenvalue weighted by atomic mass is 9.71. The highest BCUT2D eigenvalue weighted by Crippen LogP contribution is 2.39. The number of aromatic nitrogens is 2. The van der Waals surface area contributed by atoms with E-state index in [0.717, 1.165) is 43.6 Å². The van der Waals surface area contributed by atoms with Gasteiger partial charge in [-0.05, 0) is 25.7 Å². The quantitative estimate of drug-likeness (QED) is 0.890. The summed E-state index contributed by atoms with van der Waals surface area (Å²) in [6.45, 7) is 3.44. The number of aliphatic hydroxyl groups is 1. The summed E-state index contributed by atoms with van der Waals surface area (Å²) in [5.41, 5.74) is 0.549. The summed E-state index contributed by atoms with van der Waals surface area (Å²) >= 11 is 0. The number of hydrogen-bond donors (Lipinski definition) is 2. The van der Waals surface area contributed by atoms with Crippen LogP contribution in [0.25, 0.3) is 0 Å². The summed E-state index contributed by atoms with van der Waals surface area (Å²) in [6.07, 6.45) is 8.00. The summed E-state index contributed by atoms with van der Waals surface area (Å²) in [6, 6.07) is 0. The van der Waals surface area contributed by atoms with Crippen molar-refractivity contribution in [3.8, 4) is 0 Å². The third kappa shape index (κ3) is 2.98. The Bertz CT molecular complexity index is 513. The lowest BCUT2D eigenvalue weighted by molar-refractivity contribution is -0.142. The highest BCUT2D eigenvalue weighted by molar-refractivity contribution is 5.78. The van der Waals surface area contributed by atoms with Crippen LogP contribution in [0, 0.1) is 5.92 Å². The molecule has 2 heterocycles. The van der Waals surface area contributed by atoms with Gasteiger partial charge in [0, 0.05) is 30.9 Å². The average Bonchev–Trinajstić information content (AvgIpc) is 2.93. The minimum Gasteiger partial charge on any atom is -0.389 e. The monoisotopic (exact) mass is 291 g/mol. The molecular weight excluding hydrogens is 266 g/mol. The number of hydrogen-bond acceptors (Lipinski definition) is 3. The SMILES string of the molecule is CCc1cnc(CC(=O)N2CCC3(O)CCCCC3C2)[nH]1. The molecular formula is C16H25N3O2. The second kappa shape index (κ2) is 5.79. The number of fused-ring (bicyclic) bond motifs is 1. The fraction of sp³-hybridized carbons (Fsp3) is 0.750. The number of imidazole rings is 1. The van der Waals surface area contributed by atoms with Crippen LogP contribution in [-0.4, -0.2) is 44.6 Å². The van der Waals surface area contributed by atoms with Crippen LogP contribution < -0.4 is 0 Å². The van der Waals surface area contributed by atoms with Gasteiger partial charge < -0.3 is 15.0 Å². The van der Waals surface area contributed by atoms with E-state index in [1.54, 1.807) is 6.20 Å². The minimum absolute atomic E-state index is 0.125. The molecule has 1 aliphatic carbocycles. The first-order valence-corrected chi connectivity index (χ1v) is 8.13. The Kier molecular flexibility index (Phi) is 4.02. The molecule has 1 aromatic heterocycles. The van der Waals surface area contributed by atoms with Crippen LogP contribution in [0.15, 0.2) is 6.20 Å². The molecule has 116 valence electrons. The normalized spacial score (nSPS) is 29.2. The van der Waals surface area contributed by atoms with Crippen molar-refractivity contribution in [3.63, 3.8) is 0 Å². The lowest BCUT2D eigenvalue weighted by Gasteiger charge is -2.47.